The summed E-state index contributed by atoms with van der Waals surface area (Å²) in [5, 5.41) is 0.411. The van der Waals surface area contributed by atoms with E-state index in [1.807, 2.05) is 25.9 Å². The van der Waals surface area contributed by atoms with Gasteiger partial charge in [0.05, 0.1) is 10.6 Å². The molecular formula is C13H20ClN3O. The number of hydrogen-bond donors (Lipinski definition) is 0. The van der Waals surface area contributed by atoms with Gasteiger partial charge in [-0.2, -0.15) is 0 Å². The first-order valence-electron chi connectivity index (χ1n) is 6.09. The van der Waals surface area contributed by atoms with Crippen LogP contribution in [-0.2, 0) is 0 Å². The maximum absolute atomic E-state index is 12.3. The van der Waals surface area contributed by atoms with Crippen LogP contribution in [0.5, 0.6) is 0 Å². The Bertz CT molecular complexity index is 396. The molecule has 1 amide bonds. The zero-order chi connectivity index (χ0) is 13.5. The minimum Gasteiger partial charge on any atom is -0.339 e. The van der Waals surface area contributed by atoms with Crippen LogP contribution >= 0.6 is 11.6 Å². The molecule has 0 aliphatic rings. The molecule has 0 aromatic carbocycles. The third-order valence-corrected chi connectivity index (χ3v) is 3.01. The van der Waals surface area contributed by atoms with E-state index in [9.17, 15) is 4.79 Å². The molecular weight excluding hydrogens is 250 g/mol. The number of halogens is 1. The molecule has 0 fully saturated rings. The fourth-order valence-electron chi connectivity index (χ4n) is 1.70. The van der Waals surface area contributed by atoms with Crippen molar-refractivity contribution >= 4 is 17.5 Å². The van der Waals surface area contributed by atoms with Gasteiger partial charge >= 0.3 is 0 Å². The van der Waals surface area contributed by atoms with Crippen molar-refractivity contribution in [3.8, 4) is 0 Å². The number of hydrogen-bond acceptors (Lipinski definition) is 3. The highest BCUT2D eigenvalue weighted by atomic mass is 35.5. The second kappa shape index (κ2) is 7.34. The second-order valence-electron chi connectivity index (χ2n) is 4.40. The van der Waals surface area contributed by atoms with Crippen LogP contribution in [0.25, 0.3) is 0 Å². The fourth-order valence-corrected chi connectivity index (χ4v) is 1.90. The van der Waals surface area contributed by atoms with Gasteiger partial charge in [-0.25, -0.2) is 0 Å². The van der Waals surface area contributed by atoms with E-state index in [1.165, 1.54) is 6.20 Å². The third kappa shape index (κ3) is 4.27. The maximum Gasteiger partial charge on any atom is 0.255 e. The fraction of sp³-hybridized carbons (Fsp3) is 0.538. The molecule has 18 heavy (non-hydrogen) atoms. The SMILES string of the molecule is CCN(CCCN(C)C)C(=O)c1ccncc1Cl. The van der Waals surface area contributed by atoms with E-state index in [4.69, 9.17) is 11.6 Å². The number of rotatable bonds is 6. The largest absolute Gasteiger partial charge is 0.339 e. The molecule has 0 aliphatic carbocycles. The Morgan fingerprint density at radius 3 is 2.67 bits per heavy atom. The summed E-state index contributed by atoms with van der Waals surface area (Å²) >= 11 is 5.99. The van der Waals surface area contributed by atoms with Crippen LogP contribution < -0.4 is 0 Å². The highest BCUT2D eigenvalue weighted by Crippen LogP contribution is 2.15. The van der Waals surface area contributed by atoms with Gasteiger partial charge in [0.25, 0.3) is 5.91 Å². The van der Waals surface area contributed by atoms with Crippen molar-refractivity contribution in [2.45, 2.75) is 13.3 Å². The summed E-state index contributed by atoms with van der Waals surface area (Å²) in [4.78, 5) is 20.1. The van der Waals surface area contributed by atoms with Gasteiger partial charge in [-0.05, 0) is 40.1 Å². The van der Waals surface area contributed by atoms with E-state index in [2.05, 4.69) is 9.88 Å². The number of aromatic nitrogens is 1. The van der Waals surface area contributed by atoms with Crippen LogP contribution in [0.1, 0.15) is 23.7 Å². The van der Waals surface area contributed by atoms with Gasteiger partial charge in [0, 0.05) is 25.5 Å². The molecule has 5 heteroatoms. The summed E-state index contributed by atoms with van der Waals surface area (Å²) in [6.45, 7) is 4.37. The molecule has 1 aromatic rings. The number of carbonyl (C=O) groups excluding carboxylic acids is 1. The lowest BCUT2D eigenvalue weighted by Crippen LogP contribution is -2.33. The molecule has 0 unspecified atom stereocenters. The lowest BCUT2D eigenvalue weighted by molar-refractivity contribution is 0.0759. The number of nitrogens with zero attached hydrogens (tertiary/aromatic N) is 3. The van der Waals surface area contributed by atoms with Crippen LogP contribution in [0, 0.1) is 0 Å². The molecule has 0 atom stereocenters. The van der Waals surface area contributed by atoms with E-state index in [0.29, 0.717) is 17.1 Å². The standard InChI is InChI=1S/C13H20ClN3O/c1-4-17(9-5-8-16(2)3)13(18)11-6-7-15-10-12(11)14/h6-7,10H,4-5,8-9H2,1-3H3. The summed E-state index contributed by atoms with van der Waals surface area (Å²) in [6, 6.07) is 1.67. The average molecular weight is 270 g/mol. The van der Waals surface area contributed by atoms with Crippen LogP contribution in [0.15, 0.2) is 18.5 Å². The highest BCUT2D eigenvalue weighted by molar-refractivity contribution is 6.33. The van der Waals surface area contributed by atoms with Gasteiger partial charge in [0.2, 0.25) is 0 Å². The van der Waals surface area contributed by atoms with Gasteiger partial charge in [0.15, 0.2) is 0 Å². The van der Waals surface area contributed by atoms with E-state index >= 15 is 0 Å². The topological polar surface area (TPSA) is 36.4 Å². The lowest BCUT2D eigenvalue weighted by atomic mass is 10.2. The summed E-state index contributed by atoms with van der Waals surface area (Å²) in [6.07, 6.45) is 4.05. The highest BCUT2D eigenvalue weighted by Gasteiger charge is 2.16. The smallest absolute Gasteiger partial charge is 0.255 e. The summed E-state index contributed by atoms with van der Waals surface area (Å²) < 4.78 is 0. The van der Waals surface area contributed by atoms with Crippen LogP contribution in [0.2, 0.25) is 5.02 Å². The number of carbonyl (C=O) groups is 1. The Balaban J connectivity index is 2.65. The molecule has 0 saturated heterocycles. The van der Waals surface area contributed by atoms with Gasteiger partial charge in [-0.3, -0.25) is 9.78 Å². The van der Waals surface area contributed by atoms with E-state index in [0.717, 1.165) is 19.5 Å². The first-order valence-corrected chi connectivity index (χ1v) is 6.47. The zero-order valence-electron chi connectivity index (χ0n) is 11.2. The Morgan fingerprint density at radius 2 is 2.11 bits per heavy atom. The Hall–Kier alpha value is -1.13. The monoisotopic (exact) mass is 269 g/mol. The first-order chi connectivity index (χ1) is 8.56. The normalized spacial score (nSPS) is 10.7. The molecule has 0 radical (unpaired) electrons. The van der Waals surface area contributed by atoms with Crippen LogP contribution in [0.3, 0.4) is 0 Å². The minimum atomic E-state index is -0.0244. The quantitative estimate of drug-likeness (QED) is 0.794. The molecule has 0 bridgehead atoms. The van der Waals surface area contributed by atoms with E-state index in [1.54, 1.807) is 12.3 Å². The molecule has 0 saturated carbocycles. The maximum atomic E-state index is 12.3. The molecule has 1 rings (SSSR count). The van der Waals surface area contributed by atoms with Gasteiger partial charge in [0.1, 0.15) is 0 Å². The minimum absolute atomic E-state index is 0.0244. The molecule has 0 aliphatic heterocycles. The molecule has 1 heterocycles. The second-order valence-corrected chi connectivity index (χ2v) is 4.80. The van der Waals surface area contributed by atoms with Crippen LogP contribution in [0.4, 0.5) is 0 Å². The van der Waals surface area contributed by atoms with Crippen molar-refractivity contribution in [2.75, 3.05) is 33.7 Å². The Labute approximate surface area is 114 Å². The van der Waals surface area contributed by atoms with E-state index in [-0.39, 0.29) is 5.91 Å². The van der Waals surface area contributed by atoms with Gasteiger partial charge < -0.3 is 9.80 Å². The molecule has 1 aromatic heterocycles. The van der Waals surface area contributed by atoms with Gasteiger partial charge in [-0.15, -0.1) is 0 Å². The number of amides is 1. The first kappa shape index (κ1) is 14.9. The molecule has 0 N–H and O–H groups in total. The average Bonchev–Trinajstić information content (AvgIpc) is 2.34. The van der Waals surface area contributed by atoms with Crippen molar-refractivity contribution in [2.24, 2.45) is 0 Å². The van der Waals surface area contributed by atoms with Crippen LogP contribution in [-0.4, -0.2) is 54.4 Å². The number of pyridine rings is 1. The van der Waals surface area contributed by atoms with E-state index < -0.39 is 0 Å². The lowest BCUT2D eigenvalue weighted by Gasteiger charge is -2.22. The van der Waals surface area contributed by atoms with Crippen molar-refractivity contribution in [3.63, 3.8) is 0 Å². The molecule has 4 nitrogen and oxygen atoms in total. The Morgan fingerprint density at radius 1 is 1.39 bits per heavy atom. The van der Waals surface area contributed by atoms with Crippen molar-refractivity contribution in [1.29, 1.82) is 0 Å². The summed E-state index contributed by atoms with van der Waals surface area (Å²) in [7, 11) is 4.05. The predicted octanol–water partition coefficient (Wildman–Crippen LogP) is 2.15. The summed E-state index contributed by atoms with van der Waals surface area (Å²) in [5.74, 6) is -0.0244. The molecule has 100 valence electrons. The Kier molecular flexibility index (Phi) is 6.09. The van der Waals surface area contributed by atoms with Crippen molar-refractivity contribution < 1.29 is 4.79 Å². The van der Waals surface area contributed by atoms with Gasteiger partial charge in [-0.1, -0.05) is 11.6 Å². The van der Waals surface area contributed by atoms with Crippen molar-refractivity contribution in [3.05, 3.63) is 29.0 Å². The predicted molar refractivity (Wildman–Crippen MR) is 74.0 cm³/mol. The summed E-state index contributed by atoms with van der Waals surface area (Å²) in [5.41, 5.74) is 0.526. The third-order valence-electron chi connectivity index (χ3n) is 2.71. The zero-order valence-corrected chi connectivity index (χ0v) is 11.9. The van der Waals surface area contributed by atoms with Crippen molar-refractivity contribution in [1.82, 2.24) is 14.8 Å². The molecule has 0 spiro atoms.